The summed E-state index contributed by atoms with van der Waals surface area (Å²) in [7, 11) is -4.10. The molecule has 4 nitrogen and oxygen atoms in total. The lowest BCUT2D eigenvalue weighted by molar-refractivity contribution is 0.482. The molecule has 6 heteroatoms. The number of hydrogen-bond donors (Lipinski definition) is 1. The summed E-state index contributed by atoms with van der Waals surface area (Å²) in [5.74, 6) is -0.486. The van der Waals surface area contributed by atoms with Gasteiger partial charge in [-0.05, 0) is 29.8 Å². The second-order valence-corrected chi connectivity index (χ2v) is 7.02. The van der Waals surface area contributed by atoms with Gasteiger partial charge in [0.15, 0.2) is 5.43 Å². The minimum atomic E-state index is -4.10. The van der Waals surface area contributed by atoms with Gasteiger partial charge in [-0.1, -0.05) is 18.2 Å². The minimum Gasteiger partial charge on any atom is -0.289 e. The molecule has 0 fully saturated rings. The van der Waals surface area contributed by atoms with E-state index in [1.54, 1.807) is 24.3 Å². The first kappa shape index (κ1) is 13.2. The van der Waals surface area contributed by atoms with Crippen LogP contribution in [0.15, 0.2) is 47.3 Å². The molecule has 0 bridgehead atoms. The highest BCUT2D eigenvalue weighted by atomic mass is 32.2. The minimum absolute atomic E-state index is 0.119. The molecule has 0 unspecified atom stereocenters. The summed E-state index contributed by atoms with van der Waals surface area (Å²) >= 11 is 1.48. The van der Waals surface area contributed by atoms with E-state index in [4.69, 9.17) is 4.55 Å². The van der Waals surface area contributed by atoms with E-state index in [2.05, 4.69) is 0 Å². The molecule has 0 aliphatic rings. The van der Waals surface area contributed by atoms with Crippen LogP contribution in [0.1, 0.15) is 5.56 Å². The third kappa shape index (κ3) is 2.45. The Morgan fingerprint density at radius 1 is 1.00 bits per heavy atom. The molecule has 0 saturated carbocycles. The molecular weight excluding hydrogens is 296 g/mol. The Balaban J connectivity index is 2.31. The fraction of sp³-hybridized carbons (Fsp3) is 0.0714. The second kappa shape index (κ2) is 4.66. The van der Waals surface area contributed by atoms with Gasteiger partial charge in [-0.25, -0.2) is 0 Å². The van der Waals surface area contributed by atoms with Crippen molar-refractivity contribution in [1.82, 2.24) is 0 Å². The third-order valence-corrected chi connectivity index (χ3v) is 4.84. The fourth-order valence-electron chi connectivity index (χ4n) is 2.15. The van der Waals surface area contributed by atoms with Crippen molar-refractivity contribution < 1.29 is 13.0 Å². The van der Waals surface area contributed by atoms with Crippen LogP contribution in [-0.4, -0.2) is 13.0 Å². The van der Waals surface area contributed by atoms with Gasteiger partial charge in [0, 0.05) is 20.2 Å². The molecule has 20 heavy (non-hydrogen) atoms. The Kier molecular flexibility index (Phi) is 3.08. The van der Waals surface area contributed by atoms with E-state index < -0.39 is 15.9 Å². The van der Waals surface area contributed by atoms with Gasteiger partial charge in [0.05, 0.1) is 0 Å². The monoisotopic (exact) mass is 306 g/mol. The molecule has 0 atom stereocenters. The zero-order valence-corrected chi connectivity index (χ0v) is 11.9. The average molecular weight is 306 g/mol. The number of hydrogen-bond acceptors (Lipinski definition) is 4. The molecule has 0 radical (unpaired) electrons. The van der Waals surface area contributed by atoms with Crippen molar-refractivity contribution in [3.8, 4) is 0 Å². The highest BCUT2D eigenvalue weighted by Crippen LogP contribution is 2.25. The van der Waals surface area contributed by atoms with Crippen LogP contribution in [0.2, 0.25) is 0 Å². The van der Waals surface area contributed by atoms with Gasteiger partial charge in [-0.15, -0.1) is 11.3 Å². The lowest BCUT2D eigenvalue weighted by Crippen LogP contribution is -2.04. The molecule has 2 aromatic carbocycles. The van der Waals surface area contributed by atoms with Gasteiger partial charge in [0.1, 0.15) is 5.75 Å². The maximum atomic E-state index is 12.4. The molecule has 0 aliphatic carbocycles. The van der Waals surface area contributed by atoms with Gasteiger partial charge in [0.2, 0.25) is 0 Å². The van der Waals surface area contributed by atoms with E-state index >= 15 is 0 Å². The summed E-state index contributed by atoms with van der Waals surface area (Å²) in [4.78, 5) is 12.4. The Hall–Kier alpha value is -1.76. The average Bonchev–Trinajstić information content (AvgIpc) is 2.38. The predicted octanol–water partition coefficient (Wildman–Crippen LogP) is 2.80. The first-order valence-corrected chi connectivity index (χ1v) is 8.26. The fourth-order valence-corrected chi connectivity index (χ4v) is 3.80. The SMILES string of the molecule is O=c1c2ccccc2sc2ccc(CS(=O)(=O)O)cc12. The summed E-state index contributed by atoms with van der Waals surface area (Å²) in [6.07, 6.45) is 0. The standard InChI is InChI=1S/C14H10O4S2/c15-14-10-3-1-2-4-12(10)19-13-6-5-9(7-11(13)14)8-20(16,17)18/h1-7H,8H2,(H,16,17,18). The Labute approximate surface area is 119 Å². The molecule has 1 N–H and O–H groups in total. The van der Waals surface area contributed by atoms with Crippen LogP contribution in [0.3, 0.4) is 0 Å². The highest BCUT2D eigenvalue weighted by molar-refractivity contribution is 7.85. The van der Waals surface area contributed by atoms with Gasteiger partial charge >= 0.3 is 0 Å². The van der Waals surface area contributed by atoms with Crippen LogP contribution in [0, 0.1) is 0 Å². The van der Waals surface area contributed by atoms with Gasteiger partial charge < -0.3 is 0 Å². The van der Waals surface area contributed by atoms with E-state index in [0.717, 1.165) is 9.40 Å². The van der Waals surface area contributed by atoms with Crippen molar-refractivity contribution >= 4 is 41.6 Å². The normalized spacial score (nSPS) is 12.1. The van der Waals surface area contributed by atoms with Crippen LogP contribution < -0.4 is 5.43 Å². The molecule has 0 aliphatic heterocycles. The lowest BCUT2D eigenvalue weighted by atomic mass is 10.1. The van der Waals surface area contributed by atoms with Crippen molar-refractivity contribution in [3.05, 3.63) is 58.3 Å². The summed E-state index contributed by atoms with van der Waals surface area (Å²) < 4.78 is 32.4. The first-order valence-electron chi connectivity index (χ1n) is 5.84. The number of rotatable bonds is 2. The van der Waals surface area contributed by atoms with E-state index in [1.807, 2.05) is 12.1 Å². The van der Waals surface area contributed by atoms with Crippen LogP contribution in [-0.2, 0) is 15.9 Å². The van der Waals surface area contributed by atoms with Crippen molar-refractivity contribution in [2.45, 2.75) is 5.75 Å². The predicted molar refractivity (Wildman–Crippen MR) is 80.9 cm³/mol. The van der Waals surface area contributed by atoms with Crippen molar-refractivity contribution in [2.24, 2.45) is 0 Å². The smallest absolute Gasteiger partial charge is 0.269 e. The number of benzene rings is 2. The molecule has 0 saturated heterocycles. The van der Waals surface area contributed by atoms with Crippen LogP contribution in [0.25, 0.3) is 20.2 Å². The topological polar surface area (TPSA) is 71.4 Å². The molecule has 1 aromatic heterocycles. The van der Waals surface area contributed by atoms with Crippen molar-refractivity contribution in [1.29, 1.82) is 0 Å². The zero-order chi connectivity index (χ0) is 14.3. The summed E-state index contributed by atoms with van der Waals surface area (Å²) in [6.45, 7) is 0. The van der Waals surface area contributed by atoms with Gasteiger partial charge in [-0.3, -0.25) is 9.35 Å². The molecule has 102 valence electrons. The van der Waals surface area contributed by atoms with E-state index in [9.17, 15) is 13.2 Å². The molecule has 0 spiro atoms. The Morgan fingerprint density at radius 2 is 1.70 bits per heavy atom. The maximum absolute atomic E-state index is 12.4. The second-order valence-electron chi connectivity index (χ2n) is 4.48. The van der Waals surface area contributed by atoms with E-state index in [-0.39, 0.29) is 5.43 Å². The van der Waals surface area contributed by atoms with E-state index in [1.165, 1.54) is 17.4 Å². The van der Waals surface area contributed by atoms with Crippen LogP contribution in [0.5, 0.6) is 0 Å². The number of fused-ring (bicyclic) bond motifs is 2. The summed E-state index contributed by atoms with van der Waals surface area (Å²) in [6, 6.07) is 12.2. The van der Waals surface area contributed by atoms with Gasteiger partial charge in [-0.2, -0.15) is 8.42 Å². The van der Waals surface area contributed by atoms with Gasteiger partial charge in [0.25, 0.3) is 10.1 Å². The largest absolute Gasteiger partial charge is 0.289 e. The molecule has 1 heterocycles. The molecule has 3 rings (SSSR count). The maximum Gasteiger partial charge on any atom is 0.269 e. The van der Waals surface area contributed by atoms with Crippen LogP contribution >= 0.6 is 11.3 Å². The Bertz CT molecular complexity index is 971. The van der Waals surface area contributed by atoms with E-state index in [0.29, 0.717) is 16.3 Å². The highest BCUT2D eigenvalue weighted by Gasteiger charge is 2.10. The molecular formula is C14H10O4S2. The van der Waals surface area contributed by atoms with Crippen molar-refractivity contribution in [3.63, 3.8) is 0 Å². The summed E-state index contributed by atoms with van der Waals surface area (Å²) in [5, 5.41) is 1.10. The Morgan fingerprint density at radius 3 is 2.45 bits per heavy atom. The molecule has 0 amide bonds. The quantitative estimate of drug-likeness (QED) is 0.584. The van der Waals surface area contributed by atoms with Crippen molar-refractivity contribution in [2.75, 3.05) is 0 Å². The first-order chi connectivity index (χ1) is 9.44. The zero-order valence-electron chi connectivity index (χ0n) is 10.2. The molecule has 3 aromatic rings. The third-order valence-electron chi connectivity index (χ3n) is 2.99. The van der Waals surface area contributed by atoms with Crippen LogP contribution in [0.4, 0.5) is 0 Å². The summed E-state index contributed by atoms with van der Waals surface area (Å²) in [5.41, 5.74) is 0.283. The lowest BCUT2D eigenvalue weighted by Gasteiger charge is -2.03.